The van der Waals surface area contributed by atoms with Crippen LogP contribution in [0.25, 0.3) is 0 Å². The molecular weight excluding hydrogens is 254 g/mol. The van der Waals surface area contributed by atoms with E-state index >= 15 is 0 Å². The van der Waals surface area contributed by atoms with Gasteiger partial charge in [-0.3, -0.25) is 0 Å². The van der Waals surface area contributed by atoms with Crippen molar-refractivity contribution in [2.24, 2.45) is 0 Å². The van der Waals surface area contributed by atoms with Crippen molar-refractivity contribution in [2.75, 3.05) is 19.5 Å². The number of nitriles is 1. The lowest BCUT2D eigenvalue weighted by Crippen LogP contribution is -2.35. The number of anilines is 1. The maximum Gasteiger partial charge on any atom is 0.242 e. The molecule has 0 aliphatic carbocycles. The number of ether oxygens (including phenoxy) is 1. The summed E-state index contributed by atoms with van der Waals surface area (Å²) in [7, 11) is -2.27. The molecule has 0 fully saturated rings. The van der Waals surface area contributed by atoms with Crippen LogP contribution in [0.4, 0.5) is 5.69 Å². The highest BCUT2D eigenvalue weighted by atomic mass is 32.2. The Kier molecular flexibility index (Phi) is 4.67. The van der Waals surface area contributed by atoms with Crippen LogP contribution in [0.2, 0.25) is 0 Å². The Balaban J connectivity index is 3.10. The van der Waals surface area contributed by atoms with E-state index in [4.69, 9.17) is 15.7 Å². The number of nitrogens with zero attached hydrogens (tertiary/aromatic N) is 1. The molecule has 0 spiro atoms. The molecule has 0 aromatic heterocycles. The molecule has 0 aliphatic heterocycles. The van der Waals surface area contributed by atoms with E-state index in [1.807, 2.05) is 6.07 Å². The van der Waals surface area contributed by atoms with E-state index in [0.717, 1.165) is 0 Å². The first-order valence-corrected chi connectivity index (χ1v) is 6.70. The normalized spacial score (nSPS) is 12.9. The number of hydrogen-bond donors (Lipinski definition) is 2. The fourth-order valence-corrected chi connectivity index (χ4v) is 2.85. The van der Waals surface area contributed by atoms with E-state index in [0.29, 0.717) is 5.69 Å². The highest BCUT2D eigenvalue weighted by molar-refractivity contribution is 7.89. The average molecular weight is 269 g/mol. The summed E-state index contributed by atoms with van der Waals surface area (Å²) < 4.78 is 31.4. The van der Waals surface area contributed by atoms with E-state index in [2.05, 4.69) is 4.72 Å². The molecular formula is C11H15N3O3S. The minimum atomic E-state index is -3.75. The first-order chi connectivity index (χ1) is 8.40. The molecule has 0 saturated heterocycles. The molecule has 3 N–H and O–H groups in total. The monoisotopic (exact) mass is 269 g/mol. The molecule has 0 amide bonds. The van der Waals surface area contributed by atoms with Crippen LogP contribution in [-0.4, -0.2) is 28.2 Å². The van der Waals surface area contributed by atoms with Gasteiger partial charge in [0.05, 0.1) is 17.1 Å². The van der Waals surface area contributed by atoms with Crippen molar-refractivity contribution >= 4 is 15.7 Å². The summed E-state index contributed by atoms with van der Waals surface area (Å²) in [6.45, 7) is 1.92. The van der Waals surface area contributed by atoms with Gasteiger partial charge in [0.15, 0.2) is 0 Å². The second kappa shape index (κ2) is 5.82. The highest BCUT2D eigenvalue weighted by Gasteiger charge is 2.20. The van der Waals surface area contributed by atoms with Crippen LogP contribution < -0.4 is 10.5 Å². The summed E-state index contributed by atoms with van der Waals surface area (Å²) in [5.74, 6) is 0. The van der Waals surface area contributed by atoms with Crippen LogP contribution in [0, 0.1) is 11.3 Å². The highest BCUT2D eigenvalue weighted by Crippen LogP contribution is 2.18. The molecule has 1 aromatic carbocycles. The van der Waals surface area contributed by atoms with Crippen LogP contribution in [0.5, 0.6) is 0 Å². The second-order valence-electron chi connectivity index (χ2n) is 3.85. The fourth-order valence-electron chi connectivity index (χ4n) is 1.48. The SMILES string of the molecule is COCC(C)NS(=O)(=O)c1ccc(N)cc1C#N. The zero-order valence-electron chi connectivity index (χ0n) is 10.2. The van der Waals surface area contributed by atoms with Gasteiger partial charge in [-0.15, -0.1) is 0 Å². The summed E-state index contributed by atoms with van der Waals surface area (Å²) in [5, 5.41) is 8.92. The van der Waals surface area contributed by atoms with Gasteiger partial charge in [-0.25, -0.2) is 13.1 Å². The lowest BCUT2D eigenvalue weighted by atomic mass is 10.2. The minimum Gasteiger partial charge on any atom is -0.399 e. The maximum atomic E-state index is 12.0. The van der Waals surface area contributed by atoms with Gasteiger partial charge in [-0.2, -0.15) is 5.26 Å². The van der Waals surface area contributed by atoms with E-state index < -0.39 is 10.0 Å². The molecule has 1 atom stereocenters. The van der Waals surface area contributed by atoms with Gasteiger partial charge in [0.1, 0.15) is 6.07 Å². The van der Waals surface area contributed by atoms with Gasteiger partial charge < -0.3 is 10.5 Å². The predicted octanol–water partition coefficient (Wildman–Crippen LogP) is 0.454. The van der Waals surface area contributed by atoms with E-state index in [9.17, 15) is 8.42 Å². The van der Waals surface area contributed by atoms with Crippen molar-refractivity contribution < 1.29 is 13.2 Å². The molecule has 0 aliphatic rings. The van der Waals surface area contributed by atoms with Crippen molar-refractivity contribution in [3.05, 3.63) is 23.8 Å². The molecule has 98 valence electrons. The van der Waals surface area contributed by atoms with Crippen molar-refractivity contribution in [3.63, 3.8) is 0 Å². The zero-order valence-corrected chi connectivity index (χ0v) is 11.0. The molecule has 1 unspecified atom stereocenters. The second-order valence-corrected chi connectivity index (χ2v) is 5.53. The number of nitrogen functional groups attached to an aromatic ring is 1. The minimum absolute atomic E-state index is 0.0205. The third kappa shape index (κ3) is 3.43. The average Bonchev–Trinajstić information content (AvgIpc) is 2.27. The largest absolute Gasteiger partial charge is 0.399 e. The smallest absolute Gasteiger partial charge is 0.242 e. The standard InChI is InChI=1S/C11H15N3O3S/c1-8(7-17-2)14-18(15,16)11-4-3-10(13)5-9(11)6-12/h3-5,8,14H,7,13H2,1-2H3. The molecule has 0 saturated carbocycles. The molecule has 7 heteroatoms. The Labute approximate surface area is 106 Å². The summed E-state index contributed by atoms with van der Waals surface area (Å²) in [6.07, 6.45) is 0. The number of nitrogens with one attached hydrogen (secondary N) is 1. The number of hydrogen-bond acceptors (Lipinski definition) is 5. The summed E-state index contributed by atoms with van der Waals surface area (Å²) in [5.41, 5.74) is 5.87. The number of nitrogens with two attached hydrogens (primary N) is 1. The van der Waals surface area contributed by atoms with E-state index in [-0.39, 0.29) is 23.1 Å². The Morgan fingerprint density at radius 1 is 1.56 bits per heavy atom. The van der Waals surface area contributed by atoms with Crippen molar-refractivity contribution in [1.82, 2.24) is 4.72 Å². The van der Waals surface area contributed by atoms with Gasteiger partial charge in [0.25, 0.3) is 0 Å². The van der Waals surface area contributed by atoms with Crippen LogP contribution in [-0.2, 0) is 14.8 Å². The summed E-state index contributed by atoms with van der Waals surface area (Å²) in [6, 6.07) is 5.52. The Morgan fingerprint density at radius 3 is 2.78 bits per heavy atom. The molecule has 0 heterocycles. The van der Waals surface area contributed by atoms with Gasteiger partial charge in [0, 0.05) is 18.8 Å². The van der Waals surface area contributed by atoms with Gasteiger partial charge in [-0.05, 0) is 25.1 Å². The first-order valence-electron chi connectivity index (χ1n) is 5.21. The fraction of sp³-hybridized carbons (Fsp3) is 0.364. The Bertz CT molecular complexity index is 563. The predicted molar refractivity (Wildman–Crippen MR) is 67.2 cm³/mol. The van der Waals surface area contributed by atoms with Crippen molar-refractivity contribution in [2.45, 2.75) is 17.9 Å². The number of methoxy groups -OCH3 is 1. The Morgan fingerprint density at radius 2 is 2.22 bits per heavy atom. The van der Waals surface area contributed by atoms with Crippen LogP contribution >= 0.6 is 0 Å². The molecule has 18 heavy (non-hydrogen) atoms. The van der Waals surface area contributed by atoms with E-state index in [1.54, 1.807) is 6.92 Å². The number of rotatable bonds is 5. The van der Waals surface area contributed by atoms with Crippen LogP contribution in [0.15, 0.2) is 23.1 Å². The van der Waals surface area contributed by atoms with Crippen LogP contribution in [0.1, 0.15) is 12.5 Å². The first kappa shape index (κ1) is 14.4. The summed E-state index contributed by atoms with van der Waals surface area (Å²) >= 11 is 0. The van der Waals surface area contributed by atoms with Gasteiger partial charge >= 0.3 is 0 Å². The number of sulfonamides is 1. The third-order valence-electron chi connectivity index (χ3n) is 2.19. The molecule has 1 aromatic rings. The molecule has 0 radical (unpaired) electrons. The van der Waals surface area contributed by atoms with Crippen molar-refractivity contribution in [1.29, 1.82) is 5.26 Å². The molecule has 6 nitrogen and oxygen atoms in total. The quantitative estimate of drug-likeness (QED) is 0.755. The summed E-state index contributed by atoms with van der Waals surface area (Å²) in [4.78, 5) is -0.0813. The van der Waals surface area contributed by atoms with E-state index in [1.165, 1.54) is 25.3 Å². The lowest BCUT2D eigenvalue weighted by Gasteiger charge is -2.14. The topological polar surface area (TPSA) is 105 Å². The third-order valence-corrected chi connectivity index (χ3v) is 3.83. The Hall–Kier alpha value is -1.62. The van der Waals surface area contributed by atoms with Crippen LogP contribution in [0.3, 0.4) is 0 Å². The van der Waals surface area contributed by atoms with Crippen molar-refractivity contribution in [3.8, 4) is 6.07 Å². The van der Waals surface area contributed by atoms with Gasteiger partial charge in [-0.1, -0.05) is 0 Å². The molecule has 0 bridgehead atoms. The zero-order chi connectivity index (χ0) is 13.8. The van der Waals surface area contributed by atoms with Gasteiger partial charge in [0.2, 0.25) is 10.0 Å². The maximum absolute atomic E-state index is 12.0. The molecule has 1 rings (SSSR count). The lowest BCUT2D eigenvalue weighted by molar-refractivity contribution is 0.180. The number of benzene rings is 1.